The fourth-order valence-electron chi connectivity index (χ4n) is 4.01. The summed E-state index contributed by atoms with van der Waals surface area (Å²) >= 11 is 0. The van der Waals surface area contributed by atoms with Gasteiger partial charge in [0.15, 0.2) is 5.65 Å². The predicted molar refractivity (Wildman–Crippen MR) is 115 cm³/mol. The van der Waals surface area contributed by atoms with Crippen LogP contribution in [0.15, 0.2) is 71.9 Å². The number of carbonyl (C=O) groups excluding carboxylic acids is 1. The van der Waals surface area contributed by atoms with E-state index < -0.39 is 0 Å². The van der Waals surface area contributed by atoms with E-state index in [-0.39, 0.29) is 24.4 Å². The number of aromatic nitrogens is 4. The van der Waals surface area contributed by atoms with Crippen molar-refractivity contribution in [2.45, 2.75) is 25.8 Å². The van der Waals surface area contributed by atoms with E-state index in [0.29, 0.717) is 17.6 Å². The average Bonchev–Trinajstić information content (AvgIpc) is 3.23. The molecule has 0 saturated carbocycles. The van der Waals surface area contributed by atoms with Gasteiger partial charge in [0, 0.05) is 25.2 Å². The minimum absolute atomic E-state index is 0.0223. The van der Waals surface area contributed by atoms with Crippen LogP contribution in [-0.2, 0) is 17.8 Å². The first-order chi connectivity index (χ1) is 14.7. The van der Waals surface area contributed by atoms with Gasteiger partial charge < -0.3 is 4.90 Å². The maximum atomic E-state index is 12.9. The van der Waals surface area contributed by atoms with Crippen LogP contribution in [-0.4, -0.2) is 31.8 Å². The van der Waals surface area contributed by atoms with E-state index >= 15 is 0 Å². The van der Waals surface area contributed by atoms with Gasteiger partial charge in [-0.2, -0.15) is 5.10 Å². The second-order valence-corrected chi connectivity index (χ2v) is 7.40. The van der Waals surface area contributed by atoms with E-state index in [4.69, 9.17) is 0 Å². The van der Waals surface area contributed by atoms with Crippen LogP contribution in [0.5, 0.6) is 0 Å². The molecule has 2 aromatic heterocycles. The van der Waals surface area contributed by atoms with Gasteiger partial charge in [-0.3, -0.25) is 14.2 Å². The summed E-state index contributed by atoms with van der Waals surface area (Å²) in [5, 5.41) is 4.77. The number of carbonyl (C=O) groups is 1. The number of aryl methyl sites for hydroxylation is 2. The topological polar surface area (TPSA) is 73.0 Å². The molecule has 0 unspecified atom stereocenters. The van der Waals surface area contributed by atoms with Crippen LogP contribution >= 0.6 is 0 Å². The number of hydrogen-bond acceptors (Lipinski definition) is 4. The second kappa shape index (κ2) is 7.59. The number of rotatable bonds is 4. The molecule has 0 fully saturated rings. The zero-order valence-corrected chi connectivity index (χ0v) is 16.4. The lowest BCUT2D eigenvalue weighted by Gasteiger charge is -2.29. The summed E-state index contributed by atoms with van der Waals surface area (Å²) in [7, 11) is 0. The molecular weight excluding hydrogens is 378 g/mol. The van der Waals surface area contributed by atoms with Crippen molar-refractivity contribution in [3.63, 3.8) is 0 Å². The fraction of sp³-hybridized carbons (Fsp3) is 0.217. The average molecular weight is 399 g/mol. The molecule has 30 heavy (non-hydrogen) atoms. The summed E-state index contributed by atoms with van der Waals surface area (Å²) in [5.74, 6) is 0.0223. The summed E-state index contributed by atoms with van der Waals surface area (Å²) in [6.45, 7) is 1.00. The largest absolute Gasteiger partial charge is 0.312 e. The van der Waals surface area contributed by atoms with E-state index in [2.05, 4.69) is 16.1 Å². The highest BCUT2D eigenvalue weighted by atomic mass is 16.2. The van der Waals surface area contributed by atoms with Crippen LogP contribution in [0.2, 0.25) is 0 Å². The van der Waals surface area contributed by atoms with Crippen molar-refractivity contribution in [1.82, 2.24) is 19.3 Å². The highest BCUT2D eigenvalue weighted by Crippen LogP contribution is 2.27. The van der Waals surface area contributed by atoms with Crippen LogP contribution in [0.25, 0.3) is 16.7 Å². The van der Waals surface area contributed by atoms with E-state index in [9.17, 15) is 9.59 Å². The van der Waals surface area contributed by atoms with Crippen molar-refractivity contribution in [1.29, 1.82) is 0 Å². The first kappa shape index (κ1) is 18.3. The molecule has 0 bridgehead atoms. The Morgan fingerprint density at radius 1 is 1.03 bits per heavy atom. The molecule has 0 N–H and O–H groups in total. The summed E-state index contributed by atoms with van der Waals surface area (Å²) in [6, 6.07) is 17.6. The second-order valence-electron chi connectivity index (χ2n) is 7.40. The smallest absolute Gasteiger partial charge is 0.264 e. The van der Waals surface area contributed by atoms with Crippen LogP contribution in [0.4, 0.5) is 5.69 Å². The Hall–Kier alpha value is -3.74. The van der Waals surface area contributed by atoms with Crippen molar-refractivity contribution in [3.8, 4) is 5.69 Å². The highest BCUT2D eigenvalue weighted by molar-refractivity contribution is 5.94. The Morgan fingerprint density at radius 3 is 2.70 bits per heavy atom. The van der Waals surface area contributed by atoms with Gasteiger partial charge in [-0.1, -0.05) is 36.4 Å². The Kier molecular flexibility index (Phi) is 4.63. The zero-order valence-electron chi connectivity index (χ0n) is 16.4. The molecule has 0 atom stereocenters. The van der Waals surface area contributed by atoms with Crippen molar-refractivity contribution >= 4 is 22.6 Å². The number of para-hydroxylation sites is 2. The maximum absolute atomic E-state index is 12.9. The molecule has 2 aromatic carbocycles. The van der Waals surface area contributed by atoms with Crippen LogP contribution < -0.4 is 10.5 Å². The molecule has 150 valence electrons. The normalized spacial score (nSPS) is 13.4. The number of hydrogen-bond donors (Lipinski definition) is 0. The number of benzene rings is 2. The van der Waals surface area contributed by atoms with Gasteiger partial charge in [0.25, 0.3) is 5.56 Å². The number of nitrogens with zero attached hydrogens (tertiary/aromatic N) is 5. The molecule has 1 aliphatic heterocycles. The molecule has 4 aromatic rings. The molecule has 0 radical (unpaired) electrons. The van der Waals surface area contributed by atoms with E-state index in [1.165, 1.54) is 22.7 Å². The molecule has 0 spiro atoms. The van der Waals surface area contributed by atoms with Crippen molar-refractivity contribution in [2.24, 2.45) is 0 Å². The predicted octanol–water partition coefficient (Wildman–Crippen LogP) is 2.95. The van der Waals surface area contributed by atoms with Gasteiger partial charge in [0.2, 0.25) is 5.91 Å². The number of anilines is 1. The Morgan fingerprint density at radius 2 is 1.83 bits per heavy atom. The molecular formula is C23H21N5O2. The third-order valence-electron chi connectivity index (χ3n) is 5.53. The SMILES string of the molecule is O=C(CCn1cnc2c(cnn2-c2ccccc2)c1=O)N1CCCc2ccccc21. The van der Waals surface area contributed by atoms with Crippen LogP contribution in [0, 0.1) is 0 Å². The van der Waals surface area contributed by atoms with Gasteiger partial charge in [-0.25, -0.2) is 9.67 Å². The fourth-order valence-corrected chi connectivity index (χ4v) is 4.01. The maximum Gasteiger partial charge on any atom is 0.264 e. The summed E-state index contributed by atoms with van der Waals surface area (Å²) in [5.41, 5.74) is 3.35. The number of fused-ring (bicyclic) bond motifs is 2. The number of amides is 1. The molecule has 0 saturated heterocycles. The Labute approximate surface area is 173 Å². The van der Waals surface area contributed by atoms with Gasteiger partial charge in [-0.05, 0) is 36.6 Å². The quantitative estimate of drug-likeness (QED) is 0.529. The zero-order chi connectivity index (χ0) is 20.5. The third-order valence-corrected chi connectivity index (χ3v) is 5.53. The molecule has 1 amide bonds. The molecule has 7 nitrogen and oxygen atoms in total. The minimum Gasteiger partial charge on any atom is -0.312 e. The van der Waals surface area contributed by atoms with Crippen LogP contribution in [0.1, 0.15) is 18.4 Å². The minimum atomic E-state index is -0.186. The van der Waals surface area contributed by atoms with Gasteiger partial charge >= 0.3 is 0 Å². The van der Waals surface area contributed by atoms with Gasteiger partial charge in [0.1, 0.15) is 5.39 Å². The van der Waals surface area contributed by atoms with Crippen molar-refractivity contribution in [2.75, 3.05) is 11.4 Å². The summed E-state index contributed by atoms with van der Waals surface area (Å²) < 4.78 is 3.14. The summed E-state index contributed by atoms with van der Waals surface area (Å²) in [6.07, 6.45) is 5.23. The molecule has 5 rings (SSSR count). The Bertz CT molecular complexity index is 1280. The van der Waals surface area contributed by atoms with E-state index in [0.717, 1.165) is 24.2 Å². The monoisotopic (exact) mass is 399 g/mol. The van der Waals surface area contributed by atoms with E-state index in [1.807, 2.05) is 53.4 Å². The first-order valence-corrected chi connectivity index (χ1v) is 10.1. The van der Waals surface area contributed by atoms with Crippen molar-refractivity contribution in [3.05, 3.63) is 83.0 Å². The lowest BCUT2D eigenvalue weighted by molar-refractivity contribution is -0.118. The lowest BCUT2D eigenvalue weighted by Crippen LogP contribution is -2.36. The van der Waals surface area contributed by atoms with Crippen molar-refractivity contribution < 1.29 is 4.79 Å². The van der Waals surface area contributed by atoms with Gasteiger partial charge in [-0.15, -0.1) is 0 Å². The lowest BCUT2D eigenvalue weighted by atomic mass is 10.0. The Balaban J connectivity index is 1.37. The standard InChI is InChI=1S/C23H21N5O2/c29-21(27-13-6-8-17-7-4-5-11-20(17)27)12-14-26-16-24-22-19(23(26)30)15-25-28(22)18-9-2-1-3-10-18/h1-5,7,9-11,15-16H,6,8,12-14H2. The summed E-state index contributed by atoms with van der Waals surface area (Å²) in [4.78, 5) is 32.1. The van der Waals surface area contributed by atoms with Crippen LogP contribution in [0.3, 0.4) is 0 Å². The molecule has 7 heteroatoms. The third kappa shape index (κ3) is 3.18. The van der Waals surface area contributed by atoms with E-state index in [1.54, 1.807) is 4.68 Å². The molecule has 3 heterocycles. The highest BCUT2D eigenvalue weighted by Gasteiger charge is 2.22. The molecule has 0 aliphatic carbocycles. The van der Waals surface area contributed by atoms with Gasteiger partial charge in [0.05, 0.1) is 18.2 Å². The first-order valence-electron chi connectivity index (χ1n) is 10.1. The molecule has 1 aliphatic rings.